The molecule has 3 aromatic rings. The smallest absolute Gasteiger partial charge is 0.338 e. The Labute approximate surface area is 199 Å². The zero-order chi connectivity index (χ0) is 23.7. The Hall–Kier alpha value is -3.10. The average Bonchev–Trinajstić information content (AvgIpc) is 3.08. The second-order valence-corrected chi connectivity index (χ2v) is 9.79. The number of benzene rings is 2. The second kappa shape index (κ2) is 9.41. The lowest BCUT2D eigenvalue weighted by atomic mass is 9.96. The number of allylic oxidation sites excluding steroid dienone is 1. The lowest BCUT2D eigenvalue weighted by Gasteiger charge is -2.25. The van der Waals surface area contributed by atoms with Crippen LogP contribution in [0.15, 0.2) is 74.5 Å². The van der Waals surface area contributed by atoms with Gasteiger partial charge >= 0.3 is 5.97 Å². The van der Waals surface area contributed by atoms with Gasteiger partial charge in [0.2, 0.25) is 0 Å². The van der Waals surface area contributed by atoms with Crippen LogP contribution < -0.4 is 14.9 Å². The third-order valence-electron chi connectivity index (χ3n) is 5.21. The van der Waals surface area contributed by atoms with Crippen LogP contribution in [-0.4, -0.2) is 28.0 Å². The Kier molecular flexibility index (Phi) is 6.58. The topological polar surface area (TPSA) is 80.9 Å². The predicted octanol–water partition coefficient (Wildman–Crippen LogP) is 3.61. The van der Waals surface area contributed by atoms with E-state index in [0.29, 0.717) is 20.6 Å². The average molecular weight is 481 g/mol. The van der Waals surface area contributed by atoms with Crippen LogP contribution >= 0.6 is 23.1 Å². The highest BCUT2D eigenvalue weighted by molar-refractivity contribution is 7.98. The molecule has 4 rings (SSSR count). The fraction of sp³-hybridized carbons (Fsp3) is 0.240. The predicted molar refractivity (Wildman–Crippen MR) is 131 cm³/mol. The van der Waals surface area contributed by atoms with Gasteiger partial charge in [-0.2, -0.15) is 0 Å². The summed E-state index contributed by atoms with van der Waals surface area (Å²) in [5.41, 5.74) is 2.28. The van der Waals surface area contributed by atoms with E-state index in [9.17, 15) is 14.7 Å². The van der Waals surface area contributed by atoms with Gasteiger partial charge in [0.25, 0.3) is 5.56 Å². The second-order valence-electron chi connectivity index (χ2n) is 7.90. The number of phenolic OH excluding ortho intramolecular Hbond substituents is 1. The van der Waals surface area contributed by atoms with Gasteiger partial charge in [-0.25, -0.2) is 9.79 Å². The number of aromatic hydroxyl groups is 1. The van der Waals surface area contributed by atoms with Gasteiger partial charge in [0.1, 0.15) is 5.75 Å². The third kappa shape index (κ3) is 4.67. The summed E-state index contributed by atoms with van der Waals surface area (Å²) in [6.07, 6.45) is 3.47. The maximum atomic E-state index is 13.5. The van der Waals surface area contributed by atoms with Gasteiger partial charge in [-0.1, -0.05) is 35.6 Å². The van der Waals surface area contributed by atoms with Crippen molar-refractivity contribution in [1.82, 2.24) is 4.57 Å². The van der Waals surface area contributed by atoms with E-state index in [4.69, 9.17) is 4.74 Å². The van der Waals surface area contributed by atoms with Crippen molar-refractivity contribution in [2.75, 3.05) is 6.26 Å². The molecule has 8 heteroatoms. The highest BCUT2D eigenvalue weighted by Gasteiger charge is 2.33. The van der Waals surface area contributed by atoms with Gasteiger partial charge in [-0.05, 0) is 68.5 Å². The number of thiazole rings is 1. The largest absolute Gasteiger partial charge is 0.508 e. The zero-order valence-corrected chi connectivity index (χ0v) is 20.4. The summed E-state index contributed by atoms with van der Waals surface area (Å²) in [5, 5.41) is 9.54. The van der Waals surface area contributed by atoms with Gasteiger partial charge in [0.15, 0.2) is 4.80 Å². The molecule has 0 radical (unpaired) electrons. The van der Waals surface area contributed by atoms with E-state index in [1.165, 1.54) is 11.3 Å². The molecule has 6 nitrogen and oxygen atoms in total. The molecule has 0 unspecified atom stereocenters. The lowest BCUT2D eigenvalue weighted by Crippen LogP contribution is -2.40. The molecule has 0 spiro atoms. The molecule has 1 N–H and O–H groups in total. The number of thioether (sulfide) groups is 1. The first kappa shape index (κ1) is 23.1. The van der Waals surface area contributed by atoms with Crippen molar-refractivity contribution in [2.24, 2.45) is 4.99 Å². The molecule has 1 aromatic heterocycles. The maximum absolute atomic E-state index is 13.5. The number of hydrogen-bond donors (Lipinski definition) is 1. The number of esters is 1. The van der Waals surface area contributed by atoms with Crippen molar-refractivity contribution >= 4 is 35.1 Å². The Morgan fingerprint density at radius 2 is 1.85 bits per heavy atom. The summed E-state index contributed by atoms with van der Waals surface area (Å²) < 4.78 is 7.60. The van der Waals surface area contributed by atoms with Crippen molar-refractivity contribution in [3.63, 3.8) is 0 Å². The van der Waals surface area contributed by atoms with Gasteiger partial charge in [0, 0.05) is 4.90 Å². The van der Waals surface area contributed by atoms with E-state index >= 15 is 0 Å². The van der Waals surface area contributed by atoms with Crippen LogP contribution in [0.2, 0.25) is 0 Å². The van der Waals surface area contributed by atoms with Gasteiger partial charge in [0.05, 0.1) is 27.9 Å². The maximum Gasteiger partial charge on any atom is 0.338 e. The number of fused-ring (bicyclic) bond motifs is 1. The Morgan fingerprint density at radius 1 is 1.18 bits per heavy atom. The van der Waals surface area contributed by atoms with Crippen LogP contribution in [0.25, 0.3) is 6.08 Å². The summed E-state index contributed by atoms with van der Waals surface area (Å²) in [7, 11) is 0. The van der Waals surface area contributed by atoms with E-state index in [-0.39, 0.29) is 17.4 Å². The quantitative estimate of drug-likeness (QED) is 0.446. The Balaban J connectivity index is 1.92. The number of hydrogen-bond acceptors (Lipinski definition) is 7. The molecule has 1 atom stereocenters. The highest BCUT2D eigenvalue weighted by atomic mass is 32.2. The fourth-order valence-corrected chi connectivity index (χ4v) is 5.14. The first-order valence-electron chi connectivity index (χ1n) is 10.4. The first-order valence-corrected chi connectivity index (χ1v) is 12.5. The highest BCUT2D eigenvalue weighted by Crippen LogP contribution is 2.32. The minimum atomic E-state index is -0.634. The number of phenols is 1. The van der Waals surface area contributed by atoms with Gasteiger partial charge < -0.3 is 9.84 Å². The fourth-order valence-electron chi connectivity index (χ4n) is 3.68. The van der Waals surface area contributed by atoms with Gasteiger partial charge in [-0.3, -0.25) is 9.36 Å². The van der Waals surface area contributed by atoms with Gasteiger partial charge in [-0.15, -0.1) is 11.8 Å². The van der Waals surface area contributed by atoms with Crippen LogP contribution in [0.5, 0.6) is 5.75 Å². The number of aromatic nitrogens is 1. The summed E-state index contributed by atoms with van der Waals surface area (Å²) in [4.78, 5) is 32.8. The summed E-state index contributed by atoms with van der Waals surface area (Å²) in [6.45, 7) is 5.36. The minimum Gasteiger partial charge on any atom is -0.508 e. The normalized spacial score (nSPS) is 16.0. The SMILES string of the molecule is CSc1ccc([C@@H]2C(C(=O)OC(C)C)=C(C)N=c3s/c(=C/c4ccc(O)cc4)c(=O)n32)cc1. The molecule has 170 valence electrons. The van der Waals surface area contributed by atoms with E-state index in [2.05, 4.69) is 4.99 Å². The van der Waals surface area contributed by atoms with E-state index in [1.807, 2.05) is 30.5 Å². The molecule has 0 amide bonds. The summed E-state index contributed by atoms with van der Waals surface area (Å²) in [5.74, 6) is -0.316. The van der Waals surface area contributed by atoms with E-state index < -0.39 is 12.0 Å². The monoisotopic (exact) mass is 480 g/mol. The molecular weight excluding hydrogens is 456 g/mol. The van der Waals surface area contributed by atoms with Crippen LogP contribution in [0, 0.1) is 0 Å². The zero-order valence-electron chi connectivity index (χ0n) is 18.7. The van der Waals surface area contributed by atoms with E-state index in [1.54, 1.807) is 67.4 Å². The van der Waals surface area contributed by atoms with Crippen LogP contribution in [-0.2, 0) is 9.53 Å². The number of carbonyl (C=O) groups is 1. The van der Waals surface area contributed by atoms with Crippen molar-refractivity contribution < 1.29 is 14.6 Å². The number of nitrogens with zero attached hydrogens (tertiary/aromatic N) is 2. The van der Waals surface area contributed by atoms with Crippen LogP contribution in [0.1, 0.15) is 37.9 Å². The van der Waals surface area contributed by atoms with Crippen molar-refractivity contribution in [3.05, 3.63) is 90.6 Å². The summed E-state index contributed by atoms with van der Waals surface area (Å²) in [6, 6.07) is 13.8. The first-order chi connectivity index (χ1) is 15.8. The number of carbonyl (C=O) groups excluding carboxylic acids is 1. The summed E-state index contributed by atoms with van der Waals surface area (Å²) >= 11 is 2.90. The molecule has 0 saturated heterocycles. The van der Waals surface area contributed by atoms with Crippen molar-refractivity contribution in [2.45, 2.75) is 37.8 Å². The third-order valence-corrected chi connectivity index (χ3v) is 6.93. The molecule has 1 aliphatic rings. The molecule has 0 fully saturated rings. The molecule has 0 saturated carbocycles. The minimum absolute atomic E-state index is 0.159. The molecule has 2 aromatic carbocycles. The molecule has 33 heavy (non-hydrogen) atoms. The molecule has 1 aliphatic heterocycles. The van der Waals surface area contributed by atoms with Crippen LogP contribution in [0.3, 0.4) is 0 Å². The molecule has 2 heterocycles. The van der Waals surface area contributed by atoms with E-state index in [0.717, 1.165) is 16.0 Å². The Bertz CT molecular complexity index is 1400. The molecular formula is C25H24N2O4S2. The standard InChI is InChI=1S/C25H24N2O4S2/c1-14(2)31-24(30)21-15(3)26-25-27(22(21)17-7-11-19(32-4)12-8-17)23(29)20(33-25)13-16-5-9-18(28)10-6-16/h5-14,22,28H,1-4H3/b20-13+/t22-/m1/s1. The van der Waals surface area contributed by atoms with Crippen molar-refractivity contribution in [1.29, 1.82) is 0 Å². The molecule has 0 aliphatic carbocycles. The van der Waals surface area contributed by atoms with Crippen molar-refractivity contribution in [3.8, 4) is 5.75 Å². The molecule has 0 bridgehead atoms. The lowest BCUT2D eigenvalue weighted by molar-refractivity contribution is -0.143. The van der Waals surface area contributed by atoms with Crippen LogP contribution in [0.4, 0.5) is 0 Å². The number of rotatable bonds is 5. The number of ether oxygens (including phenoxy) is 1. The Morgan fingerprint density at radius 3 is 2.45 bits per heavy atom.